The van der Waals surface area contributed by atoms with Crippen molar-refractivity contribution in [1.29, 1.82) is 0 Å². The zero-order valence-corrected chi connectivity index (χ0v) is 11.2. The van der Waals surface area contributed by atoms with E-state index in [2.05, 4.69) is 11.2 Å². The summed E-state index contributed by atoms with van der Waals surface area (Å²) in [5.41, 5.74) is -0.487. The second-order valence-corrected chi connectivity index (χ2v) is 4.76. The van der Waals surface area contributed by atoms with Crippen LogP contribution in [0.1, 0.15) is 11.1 Å². The molecule has 0 saturated carbocycles. The van der Waals surface area contributed by atoms with Gasteiger partial charge < -0.3 is 10.3 Å². The van der Waals surface area contributed by atoms with Crippen LogP contribution >= 0.6 is 0 Å². The van der Waals surface area contributed by atoms with Crippen LogP contribution in [-0.4, -0.2) is 15.0 Å². The fraction of sp³-hybridized carbons (Fsp3) is 0.143. The quantitative estimate of drug-likeness (QED) is 0.555. The number of aromatic nitrogens is 3. The zero-order valence-electron chi connectivity index (χ0n) is 11.2. The van der Waals surface area contributed by atoms with Gasteiger partial charge in [0.2, 0.25) is 5.52 Å². The van der Waals surface area contributed by atoms with Crippen LogP contribution in [0.5, 0.6) is 5.75 Å². The first-order valence-corrected chi connectivity index (χ1v) is 6.19. The average Bonchev–Trinajstić information content (AvgIpc) is 2.77. The predicted octanol–water partition coefficient (Wildman–Crippen LogP) is 2.49. The summed E-state index contributed by atoms with van der Waals surface area (Å²) in [4.78, 5) is 1.10. The number of hydrogen-bond donors (Lipinski definition) is 1. The lowest BCUT2D eigenvalue weighted by atomic mass is 10.2. The minimum absolute atomic E-state index is 0.0751. The lowest BCUT2D eigenvalue weighted by Crippen LogP contribution is -2.37. The summed E-state index contributed by atoms with van der Waals surface area (Å²) >= 11 is 0. The Labute approximate surface area is 122 Å². The molecular formula is C14H9F3N3O2. The largest absolute Gasteiger partial charge is 0.692 e. The highest BCUT2D eigenvalue weighted by molar-refractivity contribution is 5.71. The van der Waals surface area contributed by atoms with Gasteiger partial charge in [0.25, 0.3) is 5.52 Å². The van der Waals surface area contributed by atoms with E-state index >= 15 is 0 Å². The summed E-state index contributed by atoms with van der Waals surface area (Å²) in [7, 11) is 0. The van der Waals surface area contributed by atoms with Gasteiger partial charge in [0.1, 0.15) is 5.75 Å². The van der Waals surface area contributed by atoms with E-state index in [0.29, 0.717) is 4.85 Å². The number of hydrogen-bond acceptors (Lipinski definition) is 3. The summed E-state index contributed by atoms with van der Waals surface area (Å²) in [5, 5.41) is 25.8. The maximum Gasteiger partial charge on any atom is 0.417 e. The fourth-order valence-electron chi connectivity index (χ4n) is 2.05. The van der Waals surface area contributed by atoms with Gasteiger partial charge in [-0.25, -0.2) is 0 Å². The maximum absolute atomic E-state index is 12.7. The van der Waals surface area contributed by atoms with Crippen molar-refractivity contribution in [3.63, 3.8) is 0 Å². The molecule has 8 heteroatoms. The average molecular weight is 308 g/mol. The van der Waals surface area contributed by atoms with Gasteiger partial charge in [-0.15, -0.1) is 4.85 Å². The Morgan fingerprint density at radius 3 is 2.68 bits per heavy atom. The molecule has 0 fully saturated rings. The standard InChI is InChI=1S/C14H9F3N3O2/c1-8-2-5-13(21)12(6-8)19-18-10-7-9(14(15,16)17)3-4-11(10)20(19)22/h2-6,21H,1H3. The lowest BCUT2D eigenvalue weighted by Gasteiger charge is -2.06. The molecule has 1 radical (unpaired) electrons. The summed E-state index contributed by atoms with van der Waals surface area (Å²) in [6.07, 6.45) is -4.57. The number of rotatable bonds is 1. The third-order valence-corrected chi connectivity index (χ3v) is 3.13. The summed E-state index contributed by atoms with van der Waals surface area (Å²) in [6.45, 7) is 1.75. The van der Waals surface area contributed by atoms with Gasteiger partial charge in [-0.2, -0.15) is 13.2 Å². The molecule has 22 heavy (non-hydrogen) atoms. The minimum Gasteiger partial charge on any atom is -0.692 e. The molecule has 0 aliphatic heterocycles. The van der Waals surface area contributed by atoms with Gasteiger partial charge in [-0.05, 0) is 41.5 Å². The predicted molar refractivity (Wildman–Crippen MR) is 70.3 cm³/mol. The van der Waals surface area contributed by atoms with Crippen LogP contribution in [0, 0.1) is 18.2 Å². The molecule has 0 saturated heterocycles. The van der Waals surface area contributed by atoms with Crippen molar-refractivity contribution in [2.24, 2.45) is 0 Å². The highest BCUT2D eigenvalue weighted by Gasteiger charge is 2.33. The molecule has 5 nitrogen and oxygen atoms in total. The Morgan fingerprint density at radius 1 is 1.27 bits per heavy atom. The first-order valence-electron chi connectivity index (χ1n) is 6.19. The number of phenols is 1. The van der Waals surface area contributed by atoms with Gasteiger partial charge in [0.05, 0.1) is 16.7 Å². The molecule has 0 atom stereocenters. The molecule has 0 amide bonds. The van der Waals surface area contributed by atoms with Gasteiger partial charge in [-0.3, -0.25) is 0 Å². The van der Waals surface area contributed by atoms with Crippen LogP contribution in [0.2, 0.25) is 0 Å². The zero-order chi connectivity index (χ0) is 16.1. The second kappa shape index (κ2) is 4.62. The number of phenolic OH excluding ortho intramolecular Hbond substituents is 1. The number of aromatic hydroxyl groups is 1. The topological polar surface area (TPSA) is 65.0 Å². The van der Waals surface area contributed by atoms with Gasteiger partial charge in [-0.1, -0.05) is 6.07 Å². The normalized spacial score (nSPS) is 12.0. The number of aryl methyl sites for hydroxylation is 1. The first-order chi connectivity index (χ1) is 10.3. The minimum atomic E-state index is -4.57. The third-order valence-electron chi connectivity index (χ3n) is 3.13. The summed E-state index contributed by atoms with van der Waals surface area (Å²) in [5.74, 6) is -0.209. The third kappa shape index (κ3) is 2.22. The SMILES string of the molecule is Cc1ccc(O)c(-n2nc3[c]c(C(F)(F)F)ccc3[n+]2[O-])c1. The van der Waals surface area contributed by atoms with Crippen molar-refractivity contribution in [1.82, 2.24) is 9.90 Å². The van der Waals surface area contributed by atoms with E-state index in [1.54, 1.807) is 13.0 Å². The maximum atomic E-state index is 12.7. The van der Waals surface area contributed by atoms with E-state index in [4.69, 9.17) is 0 Å². The highest BCUT2D eigenvalue weighted by Crippen LogP contribution is 2.30. The molecule has 1 N–H and O–H groups in total. The van der Waals surface area contributed by atoms with Gasteiger partial charge in [0.15, 0.2) is 5.69 Å². The molecule has 0 aliphatic rings. The first kappa shape index (κ1) is 14.2. The van der Waals surface area contributed by atoms with Crippen molar-refractivity contribution in [3.05, 3.63) is 52.7 Å². The lowest BCUT2D eigenvalue weighted by molar-refractivity contribution is -0.664. The summed E-state index contributed by atoms with van der Waals surface area (Å²) in [6, 6.07) is 8.37. The molecule has 0 aliphatic carbocycles. The Hall–Kier alpha value is -2.77. The van der Waals surface area contributed by atoms with Gasteiger partial charge in [0, 0.05) is 0 Å². The number of halogens is 3. The van der Waals surface area contributed by atoms with E-state index in [9.17, 15) is 23.5 Å². The molecule has 0 spiro atoms. The van der Waals surface area contributed by atoms with E-state index in [0.717, 1.165) is 22.5 Å². The van der Waals surface area contributed by atoms with E-state index < -0.39 is 11.7 Å². The van der Waals surface area contributed by atoms with E-state index in [1.807, 2.05) is 0 Å². The van der Waals surface area contributed by atoms with Crippen molar-refractivity contribution < 1.29 is 23.1 Å². The number of nitrogens with zero attached hydrogens (tertiary/aromatic N) is 3. The molecule has 113 valence electrons. The van der Waals surface area contributed by atoms with Crippen LogP contribution in [0.4, 0.5) is 13.2 Å². The smallest absolute Gasteiger partial charge is 0.417 e. The van der Waals surface area contributed by atoms with Crippen LogP contribution in [0.15, 0.2) is 30.3 Å². The van der Waals surface area contributed by atoms with E-state index in [-0.39, 0.29) is 22.5 Å². The van der Waals surface area contributed by atoms with Crippen LogP contribution in [0.25, 0.3) is 16.7 Å². The second-order valence-electron chi connectivity index (χ2n) is 4.76. The molecule has 1 aromatic heterocycles. The molecular weight excluding hydrogens is 299 g/mol. The fourth-order valence-corrected chi connectivity index (χ4v) is 2.05. The molecule has 3 rings (SSSR count). The molecule has 1 heterocycles. The van der Waals surface area contributed by atoms with Crippen molar-refractivity contribution in [2.75, 3.05) is 0 Å². The Bertz CT molecular complexity index is 872. The van der Waals surface area contributed by atoms with Crippen molar-refractivity contribution in [3.8, 4) is 11.4 Å². The Morgan fingerprint density at radius 2 is 2.00 bits per heavy atom. The summed E-state index contributed by atoms with van der Waals surface area (Å²) < 4.78 is 38.0. The molecule has 3 aromatic rings. The van der Waals surface area contributed by atoms with Crippen molar-refractivity contribution >= 4 is 11.0 Å². The Balaban J connectivity index is 2.24. The van der Waals surface area contributed by atoms with Crippen molar-refractivity contribution in [2.45, 2.75) is 13.1 Å². The highest BCUT2D eigenvalue weighted by atomic mass is 19.4. The van der Waals surface area contributed by atoms with E-state index in [1.165, 1.54) is 12.1 Å². The van der Waals surface area contributed by atoms with Crippen LogP contribution in [-0.2, 0) is 6.18 Å². The number of alkyl halides is 3. The molecule has 2 aromatic carbocycles. The molecule has 0 bridgehead atoms. The van der Waals surface area contributed by atoms with Crippen LogP contribution in [0.3, 0.4) is 0 Å². The Kier molecular flexibility index (Phi) is 2.98. The number of fused-ring (bicyclic) bond motifs is 1. The molecule has 0 unspecified atom stereocenters. The number of benzene rings is 2. The van der Waals surface area contributed by atoms with Crippen LogP contribution < -0.4 is 4.85 Å². The monoisotopic (exact) mass is 308 g/mol. The van der Waals surface area contributed by atoms with Gasteiger partial charge >= 0.3 is 6.18 Å².